The molecule has 1 atom stereocenters. The zero-order valence-corrected chi connectivity index (χ0v) is 16.1. The molecule has 0 spiro atoms. The Balaban J connectivity index is 1.86. The molecule has 1 aliphatic carbocycles. The van der Waals surface area contributed by atoms with Crippen molar-refractivity contribution in [2.24, 2.45) is 0 Å². The molecule has 2 rings (SSSR count). The zero-order chi connectivity index (χ0) is 18.9. The number of ether oxygens (including phenoxy) is 1. The van der Waals surface area contributed by atoms with Crippen LogP contribution in [0, 0.1) is 6.92 Å². The average Bonchev–Trinajstić information content (AvgIpc) is 2.61. The summed E-state index contributed by atoms with van der Waals surface area (Å²) in [6.07, 6.45) is 5.79. The number of aryl methyl sites for hydroxylation is 1. The molecule has 1 aromatic carbocycles. The number of methoxy groups -OCH3 is 1. The number of carbonyl (C=O) groups is 2. The molecule has 26 heavy (non-hydrogen) atoms. The van der Waals surface area contributed by atoms with Gasteiger partial charge in [-0.15, -0.1) is 0 Å². The number of nitrogens with one attached hydrogen (secondary N) is 3. The molecule has 0 heterocycles. The van der Waals surface area contributed by atoms with Crippen LogP contribution in [0.5, 0.6) is 0 Å². The topological polar surface area (TPSA) is 79.5 Å². The fourth-order valence-electron chi connectivity index (χ4n) is 3.31. The number of hydrogen-bond donors (Lipinski definition) is 3. The number of rotatable bonds is 8. The number of anilines is 1. The lowest BCUT2D eigenvalue weighted by Crippen LogP contribution is -2.39. The molecule has 0 bridgehead atoms. The quantitative estimate of drug-likeness (QED) is 0.665. The summed E-state index contributed by atoms with van der Waals surface area (Å²) in [5, 5.41) is 9.11. The first-order chi connectivity index (χ1) is 12.5. The van der Waals surface area contributed by atoms with Crippen molar-refractivity contribution in [3.05, 3.63) is 29.3 Å². The van der Waals surface area contributed by atoms with Crippen LogP contribution in [0.4, 0.5) is 5.69 Å². The number of carbonyl (C=O) groups excluding carboxylic acids is 2. The molecule has 3 N–H and O–H groups in total. The van der Waals surface area contributed by atoms with Crippen LogP contribution in [-0.2, 0) is 9.53 Å². The fraction of sp³-hybridized carbons (Fsp3) is 0.600. The van der Waals surface area contributed by atoms with E-state index in [4.69, 9.17) is 4.74 Å². The number of amides is 2. The summed E-state index contributed by atoms with van der Waals surface area (Å²) in [6.45, 7) is 4.50. The molecule has 0 saturated heterocycles. The SMILES string of the molecule is COC[C@H](C)NC(=O)CNc1ccc(C(=O)NC2CCCCC2)cc1C. The first-order valence-electron chi connectivity index (χ1n) is 9.43. The van der Waals surface area contributed by atoms with E-state index in [1.54, 1.807) is 13.2 Å². The Kier molecular flexibility index (Phi) is 7.91. The molecule has 1 saturated carbocycles. The average molecular weight is 361 g/mol. The lowest BCUT2D eigenvalue weighted by atomic mass is 9.95. The highest BCUT2D eigenvalue weighted by molar-refractivity contribution is 5.95. The van der Waals surface area contributed by atoms with Crippen LogP contribution in [0.2, 0.25) is 0 Å². The molecule has 0 radical (unpaired) electrons. The molecular formula is C20H31N3O3. The van der Waals surface area contributed by atoms with Gasteiger partial charge in [0.1, 0.15) is 0 Å². The van der Waals surface area contributed by atoms with E-state index in [1.165, 1.54) is 19.3 Å². The second kappa shape index (κ2) is 10.2. The Morgan fingerprint density at radius 2 is 1.96 bits per heavy atom. The van der Waals surface area contributed by atoms with Gasteiger partial charge in [0, 0.05) is 30.4 Å². The minimum Gasteiger partial charge on any atom is -0.383 e. The molecule has 1 aromatic rings. The highest BCUT2D eigenvalue weighted by Crippen LogP contribution is 2.19. The third-order valence-corrected chi connectivity index (χ3v) is 4.69. The lowest BCUT2D eigenvalue weighted by Gasteiger charge is -2.23. The van der Waals surface area contributed by atoms with Gasteiger partial charge in [0.2, 0.25) is 5.91 Å². The van der Waals surface area contributed by atoms with Gasteiger partial charge in [-0.1, -0.05) is 19.3 Å². The Bertz CT molecular complexity index is 612. The monoisotopic (exact) mass is 361 g/mol. The third kappa shape index (κ3) is 6.33. The van der Waals surface area contributed by atoms with Crippen molar-refractivity contribution >= 4 is 17.5 Å². The van der Waals surface area contributed by atoms with E-state index in [0.717, 1.165) is 24.1 Å². The van der Waals surface area contributed by atoms with Crippen LogP contribution >= 0.6 is 0 Å². The molecule has 1 aliphatic rings. The van der Waals surface area contributed by atoms with Gasteiger partial charge in [-0.05, 0) is 50.5 Å². The second-order valence-corrected chi connectivity index (χ2v) is 7.12. The third-order valence-electron chi connectivity index (χ3n) is 4.69. The van der Waals surface area contributed by atoms with E-state index in [0.29, 0.717) is 18.2 Å². The molecule has 6 heteroatoms. The highest BCUT2D eigenvalue weighted by atomic mass is 16.5. The van der Waals surface area contributed by atoms with Gasteiger partial charge in [0.15, 0.2) is 0 Å². The van der Waals surface area contributed by atoms with Crippen LogP contribution < -0.4 is 16.0 Å². The van der Waals surface area contributed by atoms with Crippen molar-refractivity contribution in [3.63, 3.8) is 0 Å². The summed E-state index contributed by atoms with van der Waals surface area (Å²) < 4.78 is 5.00. The van der Waals surface area contributed by atoms with E-state index < -0.39 is 0 Å². The fourth-order valence-corrected chi connectivity index (χ4v) is 3.31. The van der Waals surface area contributed by atoms with E-state index in [2.05, 4.69) is 16.0 Å². The van der Waals surface area contributed by atoms with Gasteiger partial charge in [-0.25, -0.2) is 0 Å². The maximum absolute atomic E-state index is 12.4. The summed E-state index contributed by atoms with van der Waals surface area (Å²) >= 11 is 0. The molecule has 0 aromatic heterocycles. The van der Waals surface area contributed by atoms with Crippen molar-refractivity contribution in [3.8, 4) is 0 Å². The van der Waals surface area contributed by atoms with Crippen LogP contribution in [0.1, 0.15) is 54.9 Å². The number of hydrogen-bond acceptors (Lipinski definition) is 4. The van der Waals surface area contributed by atoms with Gasteiger partial charge >= 0.3 is 0 Å². The summed E-state index contributed by atoms with van der Waals surface area (Å²) in [5.41, 5.74) is 2.46. The zero-order valence-electron chi connectivity index (χ0n) is 16.1. The van der Waals surface area contributed by atoms with Crippen LogP contribution in [0.15, 0.2) is 18.2 Å². The molecule has 2 amide bonds. The minimum absolute atomic E-state index is 0.0160. The Hall–Kier alpha value is -2.08. The molecule has 0 unspecified atom stereocenters. The van der Waals surface area contributed by atoms with Gasteiger partial charge in [0.05, 0.1) is 13.2 Å². The van der Waals surface area contributed by atoms with Crippen molar-refractivity contribution in [1.29, 1.82) is 0 Å². The van der Waals surface area contributed by atoms with E-state index in [1.807, 2.05) is 26.0 Å². The van der Waals surface area contributed by atoms with Gasteiger partial charge in [0.25, 0.3) is 5.91 Å². The summed E-state index contributed by atoms with van der Waals surface area (Å²) in [4.78, 5) is 24.3. The number of benzene rings is 1. The molecule has 0 aliphatic heterocycles. The standard InChI is InChI=1S/C20H31N3O3/c1-14-11-16(20(25)23-17-7-5-4-6-8-17)9-10-18(14)21-12-19(24)22-15(2)13-26-3/h9-11,15,17,21H,4-8,12-13H2,1-3H3,(H,22,24)(H,23,25)/t15-/m0/s1. The normalized spacial score (nSPS) is 16.0. The van der Waals surface area contributed by atoms with Gasteiger partial charge in [-0.2, -0.15) is 0 Å². The summed E-state index contributed by atoms with van der Waals surface area (Å²) in [5.74, 6) is -0.106. The smallest absolute Gasteiger partial charge is 0.251 e. The van der Waals surface area contributed by atoms with E-state index >= 15 is 0 Å². The second-order valence-electron chi connectivity index (χ2n) is 7.12. The largest absolute Gasteiger partial charge is 0.383 e. The molecule has 6 nitrogen and oxygen atoms in total. The summed E-state index contributed by atoms with van der Waals surface area (Å²) in [7, 11) is 1.61. The molecule has 1 fully saturated rings. The van der Waals surface area contributed by atoms with Crippen molar-refractivity contribution in [2.75, 3.05) is 25.6 Å². The van der Waals surface area contributed by atoms with E-state index in [-0.39, 0.29) is 24.4 Å². The first-order valence-corrected chi connectivity index (χ1v) is 9.43. The lowest BCUT2D eigenvalue weighted by molar-refractivity contribution is -0.120. The van der Waals surface area contributed by atoms with Crippen molar-refractivity contribution in [2.45, 2.75) is 58.0 Å². The Labute approximate surface area is 156 Å². The van der Waals surface area contributed by atoms with Crippen molar-refractivity contribution < 1.29 is 14.3 Å². The first kappa shape index (κ1) is 20.2. The van der Waals surface area contributed by atoms with Crippen molar-refractivity contribution in [1.82, 2.24) is 10.6 Å². The maximum Gasteiger partial charge on any atom is 0.251 e. The highest BCUT2D eigenvalue weighted by Gasteiger charge is 2.17. The van der Waals surface area contributed by atoms with Crippen LogP contribution in [0.25, 0.3) is 0 Å². The molecular weight excluding hydrogens is 330 g/mol. The van der Waals surface area contributed by atoms with Gasteiger partial charge < -0.3 is 20.7 Å². The maximum atomic E-state index is 12.4. The predicted octanol–water partition coefficient (Wildman–Crippen LogP) is 2.62. The minimum atomic E-state index is -0.0898. The Morgan fingerprint density at radius 1 is 1.23 bits per heavy atom. The predicted molar refractivity (Wildman–Crippen MR) is 103 cm³/mol. The molecule has 144 valence electrons. The Morgan fingerprint density at radius 3 is 2.62 bits per heavy atom. The van der Waals surface area contributed by atoms with E-state index in [9.17, 15) is 9.59 Å². The van der Waals surface area contributed by atoms with Gasteiger partial charge in [-0.3, -0.25) is 9.59 Å². The van der Waals surface area contributed by atoms with Crippen LogP contribution in [-0.4, -0.2) is 44.2 Å². The van der Waals surface area contributed by atoms with Crippen LogP contribution in [0.3, 0.4) is 0 Å². The summed E-state index contributed by atoms with van der Waals surface area (Å²) in [6, 6.07) is 5.80.